The molecule has 1 amide bonds. The van der Waals surface area contributed by atoms with Crippen LogP contribution in [0.1, 0.15) is 49.5 Å². The Morgan fingerprint density at radius 2 is 1.88 bits per heavy atom. The molecule has 0 radical (unpaired) electrons. The molecule has 1 saturated heterocycles. The first kappa shape index (κ1) is 19.6. The van der Waals surface area contributed by atoms with E-state index < -0.39 is 0 Å². The van der Waals surface area contributed by atoms with Crippen LogP contribution in [0.4, 0.5) is 0 Å². The van der Waals surface area contributed by atoms with Crippen molar-refractivity contribution in [2.45, 2.75) is 44.9 Å². The lowest BCUT2D eigenvalue weighted by molar-refractivity contribution is 0.0956. The largest absolute Gasteiger partial charge is 0.357 e. The Kier molecular flexibility index (Phi) is 7.62. The summed E-state index contributed by atoms with van der Waals surface area (Å²) < 4.78 is 0.310. The summed E-state index contributed by atoms with van der Waals surface area (Å²) in [6.07, 6.45) is 2.56. The molecule has 1 aliphatic rings. The van der Waals surface area contributed by atoms with Crippen LogP contribution in [0.2, 0.25) is 0 Å². The van der Waals surface area contributed by atoms with Crippen molar-refractivity contribution in [2.75, 3.05) is 25.4 Å². The van der Waals surface area contributed by atoms with Gasteiger partial charge in [0.25, 0.3) is 5.91 Å². The number of nitrogens with zero attached hydrogens (tertiary/aromatic N) is 1. The Labute approximate surface area is 155 Å². The highest BCUT2D eigenvalue weighted by Gasteiger charge is 2.29. The summed E-state index contributed by atoms with van der Waals surface area (Å²) in [5, 5.41) is 9.59. The zero-order valence-electron chi connectivity index (χ0n) is 15.5. The fourth-order valence-electron chi connectivity index (χ4n) is 2.78. The van der Waals surface area contributed by atoms with E-state index in [0.717, 1.165) is 24.6 Å². The van der Waals surface area contributed by atoms with Crippen LogP contribution in [0.3, 0.4) is 0 Å². The maximum atomic E-state index is 11.8. The average molecular weight is 363 g/mol. The normalized spacial score (nSPS) is 20.4. The highest BCUT2D eigenvalue weighted by atomic mass is 32.2. The first-order chi connectivity index (χ1) is 12.1. The van der Waals surface area contributed by atoms with Gasteiger partial charge in [0, 0.05) is 29.9 Å². The van der Waals surface area contributed by atoms with E-state index in [4.69, 9.17) is 0 Å². The molecule has 0 aliphatic carbocycles. The number of hydrogen-bond donors (Lipinski definition) is 3. The smallest absolute Gasteiger partial charge is 0.251 e. The van der Waals surface area contributed by atoms with E-state index in [2.05, 4.69) is 34.8 Å². The van der Waals surface area contributed by atoms with Crippen LogP contribution in [-0.4, -0.2) is 42.0 Å². The fourth-order valence-corrected chi connectivity index (χ4v) is 4.03. The highest BCUT2D eigenvalue weighted by molar-refractivity contribution is 8.00. The molecule has 6 heteroatoms. The van der Waals surface area contributed by atoms with Gasteiger partial charge in [0.1, 0.15) is 0 Å². The number of aliphatic imine (C=N–C) groups is 1. The molecule has 1 fully saturated rings. The molecule has 3 N–H and O–H groups in total. The van der Waals surface area contributed by atoms with Crippen LogP contribution in [0.25, 0.3) is 0 Å². The zero-order chi connectivity index (χ0) is 18.1. The minimum Gasteiger partial charge on any atom is -0.357 e. The molecule has 0 aromatic heterocycles. The number of guanidine groups is 1. The molecular weight excluding hydrogens is 332 g/mol. The molecule has 1 aromatic rings. The van der Waals surface area contributed by atoms with Crippen LogP contribution in [-0.2, 0) is 6.54 Å². The lowest BCUT2D eigenvalue weighted by Crippen LogP contribution is -2.43. The number of thioether (sulfide) groups is 1. The molecule has 2 rings (SSSR count). The van der Waals surface area contributed by atoms with Gasteiger partial charge in [-0.1, -0.05) is 12.1 Å². The van der Waals surface area contributed by atoms with Crippen molar-refractivity contribution in [3.63, 3.8) is 0 Å². The maximum absolute atomic E-state index is 11.8. The van der Waals surface area contributed by atoms with Crippen LogP contribution in [0.15, 0.2) is 29.3 Å². The minimum absolute atomic E-state index is 0.0325. The van der Waals surface area contributed by atoms with Crippen molar-refractivity contribution in [1.29, 1.82) is 0 Å². The molecule has 5 nitrogen and oxygen atoms in total. The van der Waals surface area contributed by atoms with Crippen molar-refractivity contribution < 1.29 is 4.79 Å². The molecule has 0 bridgehead atoms. The van der Waals surface area contributed by atoms with Gasteiger partial charge in [-0.3, -0.25) is 4.79 Å². The predicted octanol–water partition coefficient (Wildman–Crippen LogP) is 2.78. The molecule has 1 unspecified atom stereocenters. The van der Waals surface area contributed by atoms with E-state index in [1.807, 2.05) is 43.0 Å². The van der Waals surface area contributed by atoms with Gasteiger partial charge in [-0.15, -0.1) is 0 Å². The van der Waals surface area contributed by atoms with Crippen molar-refractivity contribution in [3.8, 4) is 0 Å². The number of nitrogens with one attached hydrogen (secondary N) is 3. The summed E-state index contributed by atoms with van der Waals surface area (Å²) in [6.45, 7) is 9.31. The van der Waals surface area contributed by atoms with E-state index in [1.165, 1.54) is 18.6 Å². The Morgan fingerprint density at radius 3 is 2.48 bits per heavy atom. The van der Waals surface area contributed by atoms with Gasteiger partial charge >= 0.3 is 0 Å². The molecule has 25 heavy (non-hydrogen) atoms. The van der Waals surface area contributed by atoms with Gasteiger partial charge in [-0.05, 0) is 57.1 Å². The second-order valence-electron chi connectivity index (χ2n) is 6.51. The Hall–Kier alpha value is -1.69. The van der Waals surface area contributed by atoms with E-state index in [1.54, 1.807) is 0 Å². The lowest BCUT2D eigenvalue weighted by atomic mass is 10.1. The Bertz CT molecular complexity index is 580. The van der Waals surface area contributed by atoms with Crippen LogP contribution in [0.5, 0.6) is 0 Å². The predicted molar refractivity (Wildman–Crippen MR) is 107 cm³/mol. The number of carbonyl (C=O) groups is 1. The minimum atomic E-state index is -0.0325. The van der Waals surface area contributed by atoms with Gasteiger partial charge in [0.05, 0.1) is 6.54 Å². The summed E-state index contributed by atoms with van der Waals surface area (Å²) >= 11 is 2.04. The van der Waals surface area contributed by atoms with Gasteiger partial charge in [0.2, 0.25) is 0 Å². The van der Waals surface area contributed by atoms with Crippen LogP contribution < -0.4 is 16.0 Å². The van der Waals surface area contributed by atoms with Crippen molar-refractivity contribution >= 4 is 23.6 Å². The second kappa shape index (κ2) is 9.70. The van der Waals surface area contributed by atoms with E-state index >= 15 is 0 Å². The third-order valence-corrected chi connectivity index (χ3v) is 5.79. The topological polar surface area (TPSA) is 65.5 Å². The summed E-state index contributed by atoms with van der Waals surface area (Å²) in [6, 6.07) is 7.64. The van der Waals surface area contributed by atoms with Gasteiger partial charge < -0.3 is 16.0 Å². The average Bonchev–Trinajstić information content (AvgIpc) is 3.05. The number of carbonyl (C=O) groups excluding carboxylic acids is 1. The summed E-state index contributed by atoms with van der Waals surface area (Å²) in [5.74, 6) is 2.07. The highest BCUT2D eigenvalue weighted by Crippen LogP contribution is 2.36. The van der Waals surface area contributed by atoms with Crippen molar-refractivity contribution in [1.82, 2.24) is 16.0 Å². The molecule has 1 atom stereocenters. The van der Waals surface area contributed by atoms with E-state index in [9.17, 15) is 4.79 Å². The maximum Gasteiger partial charge on any atom is 0.251 e. The second-order valence-corrected chi connectivity index (χ2v) is 8.19. The molecule has 0 spiro atoms. The third-order valence-electron chi connectivity index (χ3n) is 4.25. The van der Waals surface area contributed by atoms with Gasteiger partial charge in [0.15, 0.2) is 5.96 Å². The van der Waals surface area contributed by atoms with Crippen molar-refractivity contribution in [2.24, 2.45) is 4.99 Å². The molecular formula is C19H30N4OS. The Morgan fingerprint density at radius 1 is 1.16 bits per heavy atom. The number of rotatable bonds is 7. The van der Waals surface area contributed by atoms with Crippen LogP contribution in [0, 0.1) is 0 Å². The monoisotopic (exact) mass is 362 g/mol. The molecule has 1 aromatic carbocycles. The molecule has 1 heterocycles. The number of benzene rings is 1. The molecule has 0 saturated carbocycles. The standard InChI is InChI=1S/C19H30N4OS/c1-4-20-17(24)16-9-7-15(8-10-16)13-22-18(21-5-2)23-14-19(3)11-6-12-25-19/h7-10H,4-6,11-14H2,1-3H3,(H,20,24)(H2,21,22,23). The first-order valence-corrected chi connectivity index (χ1v) is 10.1. The SMILES string of the molecule is CCNC(=O)c1ccc(CN=C(NCC)NCC2(C)CCCS2)cc1. The fraction of sp³-hybridized carbons (Fsp3) is 0.579. The number of amides is 1. The first-order valence-electron chi connectivity index (χ1n) is 9.09. The summed E-state index contributed by atoms with van der Waals surface area (Å²) in [7, 11) is 0. The Balaban J connectivity index is 1.92. The zero-order valence-corrected chi connectivity index (χ0v) is 16.3. The lowest BCUT2D eigenvalue weighted by Gasteiger charge is -2.24. The molecule has 1 aliphatic heterocycles. The van der Waals surface area contributed by atoms with Crippen LogP contribution >= 0.6 is 11.8 Å². The van der Waals surface area contributed by atoms with Crippen molar-refractivity contribution in [3.05, 3.63) is 35.4 Å². The quantitative estimate of drug-likeness (QED) is 0.515. The number of hydrogen-bond acceptors (Lipinski definition) is 3. The summed E-state index contributed by atoms with van der Waals surface area (Å²) in [4.78, 5) is 16.5. The van der Waals surface area contributed by atoms with E-state index in [-0.39, 0.29) is 5.91 Å². The summed E-state index contributed by atoms with van der Waals surface area (Å²) in [5.41, 5.74) is 1.78. The van der Waals surface area contributed by atoms with Gasteiger partial charge in [-0.25, -0.2) is 4.99 Å². The van der Waals surface area contributed by atoms with E-state index in [0.29, 0.717) is 23.4 Å². The molecule has 138 valence electrons. The third kappa shape index (κ3) is 6.27. The van der Waals surface area contributed by atoms with Gasteiger partial charge in [-0.2, -0.15) is 11.8 Å².